The third-order valence-corrected chi connectivity index (χ3v) is 2.02. The summed E-state index contributed by atoms with van der Waals surface area (Å²) < 4.78 is 10.6. The van der Waals surface area contributed by atoms with E-state index >= 15 is 0 Å². The van der Waals surface area contributed by atoms with E-state index in [0.717, 1.165) is 0 Å². The zero-order chi connectivity index (χ0) is 12.0. The molecule has 88 valence electrons. The van der Waals surface area contributed by atoms with Crippen molar-refractivity contribution in [2.75, 3.05) is 13.2 Å². The van der Waals surface area contributed by atoms with Crippen molar-refractivity contribution in [1.29, 1.82) is 0 Å². The molecule has 0 aromatic carbocycles. The largest absolute Gasteiger partial charge is 0.368 e. The van der Waals surface area contributed by atoms with E-state index < -0.39 is 5.60 Å². The minimum absolute atomic E-state index is 0.472. The Labute approximate surface area is 95.6 Å². The van der Waals surface area contributed by atoms with Crippen LogP contribution in [0.5, 0.6) is 0 Å². The van der Waals surface area contributed by atoms with Gasteiger partial charge in [-0.15, -0.1) is 6.42 Å². The summed E-state index contributed by atoms with van der Waals surface area (Å²) in [4.78, 5) is 4.24. The lowest BCUT2D eigenvalue weighted by molar-refractivity contribution is -0.0221. The van der Waals surface area contributed by atoms with Crippen molar-refractivity contribution in [3.63, 3.8) is 0 Å². The van der Waals surface area contributed by atoms with E-state index in [1.807, 2.05) is 20.8 Å². The number of rotatable bonds is 6. The van der Waals surface area contributed by atoms with Gasteiger partial charge in [0.15, 0.2) is 0 Å². The molecule has 1 N–H and O–H groups in total. The van der Waals surface area contributed by atoms with E-state index in [-0.39, 0.29) is 0 Å². The van der Waals surface area contributed by atoms with E-state index in [0.29, 0.717) is 31.4 Å². The van der Waals surface area contributed by atoms with E-state index in [1.54, 1.807) is 0 Å². The first-order valence-electron chi connectivity index (χ1n) is 5.21. The Balaban J connectivity index is 2.60. The van der Waals surface area contributed by atoms with Crippen molar-refractivity contribution in [3.8, 4) is 12.3 Å². The summed E-state index contributed by atoms with van der Waals surface area (Å²) in [6, 6.07) is 0. The van der Waals surface area contributed by atoms with Crippen molar-refractivity contribution in [2.24, 2.45) is 0 Å². The summed E-state index contributed by atoms with van der Waals surface area (Å²) in [6.45, 7) is 7.29. The van der Waals surface area contributed by atoms with Crippen LogP contribution in [0.15, 0.2) is 4.52 Å². The summed E-state index contributed by atoms with van der Waals surface area (Å²) in [5.74, 6) is 3.53. The Bertz CT molecular complexity index is 366. The van der Waals surface area contributed by atoms with Gasteiger partial charge in [-0.25, -0.2) is 0 Å². The van der Waals surface area contributed by atoms with Gasteiger partial charge in [-0.3, -0.25) is 5.32 Å². The smallest absolute Gasteiger partial charge is 0.240 e. The maximum absolute atomic E-state index is 5.52. The molecule has 0 fully saturated rings. The minimum Gasteiger partial charge on any atom is -0.368 e. The Hall–Kier alpha value is -1.38. The fourth-order valence-electron chi connectivity index (χ4n) is 1.24. The van der Waals surface area contributed by atoms with E-state index in [1.165, 1.54) is 0 Å². The molecule has 0 unspecified atom stereocenters. The molecular formula is C11H17N3O2. The summed E-state index contributed by atoms with van der Waals surface area (Å²) in [5.41, 5.74) is -0.525. The van der Waals surface area contributed by atoms with Crippen LogP contribution >= 0.6 is 0 Å². The highest BCUT2D eigenvalue weighted by Crippen LogP contribution is 2.21. The molecule has 1 aromatic rings. The van der Waals surface area contributed by atoms with Gasteiger partial charge >= 0.3 is 0 Å². The Kier molecular flexibility index (Phi) is 4.47. The number of aromatic nitrogens is 2. The third kappa shape index (κ3) is 3.33. The molecule has 5 heteroatoms. The van der Waals surface area contributed by atoms with Crippen LogP contribution in [-0.4, -0.2) is 23.3 Å². The first kappa shape index (κ1) is 12.7. The van der Waals surface area contributed by atoms with Crippen LogP contribution in [0.4, 0.5) is 0 Å². The molecule has 16 heavy (non-hydrogen) atoms. The molecule has 0 amide bonds. The highest BCUT2D eigenvalue weighted by molar-refractivity contribution is 4.97. The molecule has 0 saturated heterocycles. The number of hydrogen-bond donors (Lipinski definition) is 1. The average Bonchev–Trinajstić information content (AvgIpc) is 2.67. The van der Waals surface area contributed by atoms with Crippen molar-refractivity contribution in [3.05, 3.63) is 11.7 Å². The van der Waals surface area contributed by atoms with Crippen LogP contribution < -0.4 is 5.32 Å². The number of terminal acetylenes is 1. The summed E-state index contributed by atoms with van der Waals surface area (Å²) in [6.07, 6.45) is 5.11. The molecule has 0 spiro atoms. The molecule has 0 aliphatic carbocycles. The van der Waals surface area contributed by atoms with Crippen LogP contribution in [0.3, 0.4) is 0 Å². The first-order valence-corrected chi connectivity index (χ1v) is 5.21. The van der Waals surface area contributed by atoms with Crippen LogP contribution in [-0.2, 0) is 16.9 Å². The molecule has 0 atom stereocenters. The minimum atomic E-state index is -0.525. The molecule has 1 heterocycles. The van der Waals surface area contributed by atoms with Gasteiger partial charge in [0.2, 0.25) is 11.7 Å². The summed E-state index contributed by atoms with van der Waals surface area (Å²) in [7, 11) is 0. The highest BCUT2D eigenvalue weighted by atomic mass is 16.5. The normalized spacial score (nSPS) is 11.4. The van der Waals surface area contributed by atoms with Gasteiger partial charge in [-0.05, 0) is 20.8 Å². The predicted octanol–water partition coefficient (Wildman–Crippen LogP) is 1.06. The van der Waals surface area contributed by atoms with Crippen LogP contribution in [0.25, 0.3) is 0 Å². The molecule has 0 aliphatic heterocycles. The van der Waals surface area contributed by atoms with E-state index in [2.05, 4.69) is 21.4 Å². The number of nitrogens with zero attached hydrogens (tertiary/aromatic N) is 2. The van der Waals surface area contributed by atoms with Crippen LogP contribution in [0.2, 0.25) is 0 Å². The second kappa shape index (κ2) is 5.64. The van der Waals surface area contributed by atoms with Gasteiger partial charge < -0.3 is 9.26 Å². The highest BCUT2D eigenvalue weighted by Gasteiger charge is 2.26. The second-order valence-electron chi connectivity index (χ2n) is 3.76. The molecule has 0 saturated carbocycles. The van der Waals surface area contributed by atoms with Gasteiger partial charge in [0.1, 0.15) is 5.60 Å². The van der Waals surface area contributed by atoms with Crippen molar-refractivity contribution in [2.45, 2.75) is 32.9 Å². The topological polar surface area (TPSA) is 60.2 Å². The third-order valence-electron chi connectivity index (χ3n) is 2.02. The van der Waals surface area contributed by atoms with Crippen molar-refractivity contribution >= 4 is 0 Å². The maximum atomic E-state index is 5.52. The monoisotopic (exact) mass is 223 g/mol. The van der Waals surface area contributed by atoms with Crippen molar-refractivity contribution < 1.29 is 9.26 Å². The fraction of sp³-hybridized carbons (Fsp3) is 0.636. The van der Waals surface area contributed by atoms with E-state index in [9.17, 15) is 0 Å². The van der Waals surface area contributed by atoms with Gasteiger partial charge in [0, 0.05) is 6.61 Å². The summed E-state index contributed by atoms with van der Waals surface area (Å²) >= 11 is 0. The number of ether oxygens (including phenoxy) is 1. The van der Waals surface area contributed by atoms with E-state index in [4.69, 9.17) is 15.7 Å². The lowest BCUT2D eigenvalue weighted by Crippen LogP contribution is -2.23. The predicted molar refractivity (Wildman–Crippen MR) is 59.5 cm³/mol. The zero-order valence-corrected chi connectivity index (χ0v) is 9.91. The van der Waals surface area contributed by atoms with Crippen LogP contribution in [0, 0.1) is 12.3 Å². The molecule has 0 aliphatic rings. The number of hydrogen-bond acceptors (Lipinski definition) is 5. The quantitative estimate of drug-likeness (QED) is 0.577. The lowest BCUT2D eigenvalue weighted by atomic mass is 10.1. The number of nitrogens with one attached hydrogen (secondary N) is 1. The Morgan fingerprint density at radius 3 is 2.94 bits per heavy atom. The standard InChI is InChI=1S/C11H17N3O2/c1-5-7-12-8-9-13-10(14-16-9)11(3,4)15-6-2/h1,12H,6-8H2,2-4H3. The van der Waals surface area contributed by atoms with Gasteiger partial charge in [-0.1, -0.05) is 11.1 Å². The zero-order valence-electron chi connectivity index (χ0n) is 9.91. The Morgan fingerprint density at radius 1 is 1.56 bits per heavy atom. The SMILES string of the molecule is C#CCNCc1nc(C(C)(C)OCC)no1. The van der Waals surface area contributed by atoms with Gasteiger partial charge in [-0.2, -0.15) is 4.98 Å². The molecule has 1 rings (SSSR count). The summed E-state index contributed by atoms with van der Waals surface area (Å²) in [5, 5.41) is 6.86. The van der Waals surface area contributed by atoms with Gasteiger partial charge in [0.05, 0.1) is 13.1 Å². The first-order chi connectivity index (χ1) is 7.60. The molecule has 1 aromatic heterocycles. The van der Waals surface area contributed by atoms with Crippen molar-refractivity contribution in [1.82, 2.24) is 15.5 Å². The fourth-order valence-corrected chi connectivity index (χ4v) is 1.24. The van der Waals surface area contributed by atoms with Crippen LogP contribution in [0.1, 0.15) is 32.5 Å². The molecular weight excluding hydrogens is 206 g/mol. The molecule has 5 nitrogen and oxygen atoms in total. The lowest BCUT2D eigenvalue weighted by Gasteiger charge is -2.19. The molecule has 0 radical (unpaired) electrons. The molecule has 0 bridgehead atoms. The second-order valence-corrected chi connectivity index (χ2v) is 3.76. The maximum Gasteiger partial charge on any atom is 0.240 e. The van der Waals surface area contributed by atoms with Gasteiger partial charge in [0.25, 0.3) is 0 Å². The average molecular weight is 223 g/mol. The Morgan fingerprint density at radius 2 is 2.31 bits per heavy atom.